The molecular weight excluding hydrogens is 257 g/mol. The van der Waals surface area contributed by atoms with Crippen LogP contribution in [-0.4, -0.2) is 30.3 Å². The second-order valence-corrected chi connectivity index (χ2v) is 4.59. The van der Waals surface area contributed by atoms with Gasteiger partial charge in [0.1, 0.15) is 0 Å². The summed E-state index contributed by atoms with van der Waals surface area (Å²) in [4.78, 5) is 14.2. The first-order valence-corrected chi connectivity index (χ1v) is 6.55. The van der Waals surface area contributed by atoms with Gasteiger partial charge in [-0.05, 0) is 25.2 Å². The molecule has 0 radical (unpaired) electrons. The van der Waals surface area contributed by atoms with Gasteiger partial charge in [-0.25, -0.2) is 0 Å². The maximum atomic E-state index is 12.0. The highest BCUT2D eigenvalue weighted by atomic mass is 35.5. The van der Waals surface area contributed by atoms with Gasteiger partial charge in [-0.1, -0.05) is 43.1 Å². The summed E-state index contributed by atoms with van der Waals surface area (Å²) in [6, 6.07) is 5.16. The first kappa shape index (κ1) is 14.5. The van der Waals surface area contributed by atoms with E-state index in [1.807, 2.05) is 0 Å². The molecule has 0 aliphatic rings. The topological polar surface area (TPSA) is 20.3 Å². The molecule has 17 heavy (non-hydrogen) atoms. The summed E-state index contributed by atoms with van der Waals surface area (Å²) in [7, 11) is 0. The second-order valence-electron chi connectivity index (χ2n) is 3.80. The molecule has 94 valence electrons. The lowest BCUT2D eigenvalue weighted by atomic mass is 10.1. The van der Waals surface area contributed by atoms with Gasteiger partial charge in [0.2, 0.25) is 0 Å². The predicted octanol–water partition coefficient (Wildman–Crippen LogP) is 3.91. The van der Waals surface area contributed by atoms with Gasteiger partial charge < -0.3 is 4.90 Å². The third-order valence-electron chi connectivity index (χ3n) is 2.80. The van der Waals surface area contributed by atoms with Gasteiger partial charge in [-0.15, -0.1) is 0 Å². The molecule has 0 spiro atoms. The minimum Gasteiger partial charge on any atom is -0.303 e. The molecule has 1 aromatic carbocycles. The van der Waals surface area contributed by atoms with Crippen LogP contribution in [0.1, 0.15) is 30.6 Å². The van der Waals surface area contributed by atoms with E-state index in [1.54, 1.807) is 18.2 Å². The Morgan fingerprint density at radius 1 is 1.24 bits per heavy atom. The molecule has 0 N–H and O–H groups in total. The number of benzene rings is 1. The highest BCUT2D eigenvalue weighted by Crippen LogP contribution is 2.26. The van der Waals surface area contributed by atoms with E-state index in [1.165, 1.54) is 0 Å². The fraction of sp³-hybridized carbons (Fsp3) is 0.462. The minimum absolute atomic E-state index is 0.0457. The zero-order chi connectivity index (χ0) is 12.8. The van der Waals surface area contributed by atoms with Crippen molar-refractivity contribution in [3.8, 4) is 0 Å². The van der Waals surface area contributed by atoms with Gasteiger partial charge in [0, 0.05) is 18.5 Å². The monoisotopic (exact) mass is 273 g/mol. The summed E-state index contributed by atoms with van der Waals surface area (Å²) in [5.41, 5.74) is 0.520. The van der Waals surface area contributed by atoms with Gasteiger partial charge in [0.25, 0.3) is 0 Å². The van der Waals surface area contributed by atoms with Crippen molar-refractivity contribution in [1.82, 2.24) is 4.90 Å². The lowest BCUT2D eigenvalue weighted by Gasteiger charge is -2.17. The zero-order valence-corrected chi connectivity index (χ0v) is 11.7. The van der Waals surface area contributed by atoms with Crippen molar-refractivity contribution in [3.05, 3.63) is 33.8 Å². The van der Waals surface area contributed by atoms with Crippen LogP contribution in [0.2, 0.25) is 10.0 Å². The summed E-state index contributed by atoms with van der Waals surface area (Å²) in [6.45, 7) is 6.83. The quantitative estimate of drug-likeness (QED) is 0.733. The van der Waals surface area contributed by atoms with Crippen LogP contribution in [0.5, 0.6) is 0 Å². The van der Waals surface area contributed by atoms with Gasteiger partial charge in [0.15, 0.2) is 5.78 Å². The number of nitrogens with zero attached hydrogens (tertiary/aromatic N) is 1. The smallest absolute Gasteiger partial charge is 0.165 e. The molecule has 0 fully saturated rings. The van der Waals surface area contributed by atoms with Crippen molar-refractivity contribution < 1.29 is 4.79 Å². The van der Waals surface area contributed by atoms with E-state index in [-0.39, 0.29) is 5.78 Å². The van der Waals surface area contributed by atoms with Crippen LogP contribution in [0.4, 0.5) is 0 Å². The van der Waals surface area contributed by atoms with Crippen molar-refractivity contribution in [2.75, 3.05) is 19.6 Å². The van der Waals surface area contributed by atoms with Gasteiger partial charge >= 0.3 is 0 Å². The highest BCUT2D eigenvalue weighted by molar-refractivity contribution is 6.43. The Balaban J connectivity index is 2.67. The largest absolute Gasteiger partial charge is 0.303 e. The number of Topliss-reactive ketones (excluding diaryl/α,β-unsaturated/α-hetero) is 1. The number of carbonyl (C=O) groups excluding carboxylic acids is 1. The number of ketones is 1. The van der Waals surface area contributed by atoms with Crippen LogP contribution in [0.3, 0.4) is 0 Å². The van der Waals surface area contributed by atoms with E-state index < -0.39 is 0 Å². The lowest BCUT2D eigenvalue weighted by Crippen LogP contribution is -2.25. The number of hydrogen-bond donors (Lipinski definition) is 0. The maximum Gasteiger partial charge on any atom is 0.165 e. The molecule has 0 aromatic heterocycles. The maximum absolute atomic E-state index is 12.0. The molecule has 0 saturated heterocycles. The first-order valence-electron chi connectivity index (χ1n) is 5.79. The molecule has 0 heterocycles. The fourth-order valence-electron chi connectivity index (χ4n) is 1.65. The molecule has 0 aliphatic heterocycles. The Morgan fingerprint density at radius 2 is 1.88 bits per heavy atom. The van der Waals surface area contributed by atoms with Crippen molar-refractivity contribution in [3.63, 3.8) is 0 Å². The molecule has 1 aromatic rings. The molecular formula is C13H17Cl2NO. The fourth-order valence-corrected chi connectivity index (χ4v) is 2.06. The number of halogens is 2. The van der Waals surface area contributed by atoms with Crippen LogP contribution in [0.15, 0.2) is 18.2 Å². The van der Waals surface area contributed by atoms with Gasteiger partial charge in [-0.2, -0.15) is 0 Å². The SMILES string of the molecule is CCN(CC)CCC(=O)c1cccc(Cl)c1Cl. The summed E-state index contributed by atoms with van der Waals surface area (Å²) >= 11 is 11.9. The average molecular weight is 274 g/mol. The van der Waals surface area contributed by atoms with Crippen molar-refractivity contribution in [2.24, 2.45) is 0 Å². The number of carbonyl (C=O) groups is 1. The minimum atomic E-state index is 0.0457. The standard InChI is InChI=1S/C13H17Cl2NO/c1-3-16(4-2)9-8-12(17)10-6-5-7-11(14)13(10)15/h5-7H,3-4,8-9H2,1-2H3. The molecule has 2 nitrogen and oxygen atoms in total. The van der Waals surface area contributed by atoms with Crippen molar-refractivity contribution in [2.45, 2.75) is 20.3 Å². The normalized spacial score (nSPS) is 10.9. The number of hydrogen-bond acceptors (Lipinski definition) is 2. The van der Waals surface area contributed by atoms with Gasteiger partial charge in [-0.3, -0.25) is 4.79 Å². The van der Waals surface area contributed by atoms with E-state index in [0.717, 1.165) is 19.6 Å². The molecule has 0 aliphatic carbocycles. The van der Waals surface area contributed by atoms with Crippen LogP contribution < -0.4 is 0 Å². The van der Waals surface area contributed by atoms with Gasteiger partial charge in [0.05, 0.1) is 10.0 Å². The first-order chi connectivity index (χ1) is 8.10. The molecule has 0 unspecified atom stereocenters. The third-order valence-corrected chi connectivity index (χ3v) is 3.62. The van der Waals surface area contributed by atoms with Crippen molar-refractivity contribution >= 4 is 29.0 Å². The van der Waals surface area contributed by atoms with Crippen LogP contribution in [0.25, 0.3) is 0 Å². The predicted molar refractivity (Wildman–Crippen MR) is 73.2 cm³/mol. The number of rotatable bonds is 6. The average Bonchev–Trinajstić information content (AvgIpc) is 2.33. The Labute approximate surface area is 113 Å². The van der Waals surface area contributed by atoms with E-state index in [2.05, 4.69) is 18.7 Å². The van der Waals surface area contributed by atoms with Crippen LogP contribution >= 0.6 is 23.2 Å². The summed E-state index contributed by atoms with van der Waals surface area (Å²) in [5.74, 6) is 0.0457. The van der Waals surface area contributed by atoms with Crippen LogP contribution in [-0.2, 0) is 0 Å². The van der Waals surface area contributed by atoms with Crippen LogP contribution in [0, 0.1) is 0 Å². The Kier molecular flexibility index (Phi) is 5.96. The summed E-state index contributed by atoms with van der Waals surface area (Å²) < 4.78 is 0. The lowest BCUT2D eigenvalue weighted by molar-refractivity contribution is 0.0966. The van der Waals surface area contributed by atoms with E-state index in [4.69, 9.17) is 23.2 Å². The second kappa shape index (κ2) is 7.00. The Morgan fingerprint density at radius 3 is 2.47 bits per heavy atom. The zero-order valence-electron chi connectivity index (χ0n) is 10.2. The molecule has 0 saturated carbocycles. The third kappa shape index (κ3) is 3.98. The van der Waals surface area contributed by atoms with E-state index in [9.17, 15) is 4.79 Å². The molecule has 0 atom stereocenters. The Hall–Kier alpha value is -0.570. The highest BCUT2D eigenvalue weighted by Gasteiger charge is 2.13. The molecule has 0 amide bonds. The van der Waals surface area contributed by atoms with E-state index in [0.29, 0.717) is 22.0 Å². The molecule has 1 rings (SSSR count). The summed E-state index contributed by atoms with van der Waals surface area (Å²) in [6.07, 6.45) is 0.474. The Bertz CT molecular complexity index is 389. The summed E-state index contributed by atoms with van der Waals surface area (Å²) in [5, 5.41) is 0.791. The molecule has 4 heteroatoms. The van der Waals surface area contributed by atoms with E-state index >= 15 is 0 Å². The molecule has 0 bridgehead atoms. The van der Waals surface area contributed by atoms with Crippen molar-refractivity contribution in [1.29, 1.82) is 0 Å².